The summed E-state index contributed by atoms with van der Waals surface area (Å²) < 4.78 is 33.5. The zero-order valence-electron chi connectivity index (χ0n) is 15.9. The maximum atomic E-state index is 11.0. The van der Waals surface area contributed by atoms with Crippen LogP contribution in [0.2, 0.25) is 0 Å². The number of esters is 1. The van der Waals surface area contributed by atoms with Crippen LogP contribution in [0.15, 0.2) is 24.3 Å². The molecule has 0 amide bonds. The fourth-order valence-corrected chi connectivity index (χ4v) is 3.22. The van der Waals surface area contributed by atoms with Gasteiger partial charge in [0.05, 0.1) is 13.7 Å². The Morgan fingerprint density at radius 2 is 1.96 bits per heavy atom. The molecule has 0 spiro atoms. The molecule has 0 aromatic heterocycles. The molecule has 0 unspecified atom stereocenters. The van der Waals surface area contributed by atoms with Crippen LogP contribution in [0, 0.1) is 0 Å². The van der Waals surface area contributed by atoms with E-state index in [0.717, 1.165) is 11.3 Å². The SMILES string of the molecule is COc1ccc(CO[C@@H]2[C@H]3OC(C)(C)O[C@H]3O[C@@H]2[C@H](O)COC(C)=O)cc1. The highest BCUT2D eigenvalue weighted by Gasteiger charge is 2.57. The van der Waals surface area contributed by atoms with Crippen LogP contribution >= 0.6 is 0 Å². The molecule has 0 aliphatic carbocycles. The lowest BCUT2D eigenvalue weighted by molar-refractivity contribution is -0.232. The van der Waals surface area contributed by atoms with E-state index in [-0.39, 0.29) is 6.61 Å². The molecule has 0 bridgehead atoms. The van der Waals surface area contributed by atoms with Gasteiger partial charge in [0.1, 0.15) is 36.8 Å². The van der Waals surface area contributed by atoms with E-state index in [1.54, 1.807) is 21.0 Å². The van der Waals surface area contributed by atoms with E-state index < -0.39 is 42.5 Å². The van der Waals surface area contributed by atoms with E-state index in [4.69, 9.17) is 28.4 Å². The molecule has 27 heavy (non-hydrogen) atoms. The van der Waals surface area contributed by atoms with Gasteiger partial charge in [0, 0.05) is 6.92 Å². The third-order valence-corrected chi connectivity index (χ3v) is 4.47. The zero-order valence-corrected chi connectivity index (χ0v) is 15.9. The van der Waals surface area contributed by atoms with E-state index in [9.17, 15) is 9.90 Å². The molecule has 0 radical (unpaired) electrons. The van der Waals surface area contributed by atoms with E-state index in [1.165, 1.54) is 6.92 Å². The lowest BCUT2D eigenvalue weighted by Crippen LogP contribution is -2.44. The molecule has 1 aromatic carbocycles. The van der Waals surface area contributed by atoms with E-state index in [1.807, 2.05) is 24.3 Å². The van der Waals surface area contributed by atoms with Gasteiger partial charge >= 0.3 is 5.97 Å². The summed E-state index contributed by atoms with van der Waals surface area (Å²) in [7, 11) is 1.61. The summed E-state index contributed by atoms with van der Waals surface area (Å²) in [6.07, 6.45) is -3.53. The number of ether oxygens (including phenoxy) is 6. The Kier molecular flexibility index (Phi) is 6.02. The molecule has 0 saturated carbocycles. The monoisotopic (exact) mass is 382 g/mol. The molecule has 8 nitrogen and oxygen atoms in total. The van der Waals surface area contributed by atoms with Gasteiger partial charge in [-0.2, -0.15) is 0 Å². The smallest absolute Gasteiger partial charge is 0.302 e. The van der Waals surface area contributed by atoms with E-state index in [0.29, 0.717) is 6.61 Å². The van der Waals surface area contributed by atoms with Crippen molar-refractivity contribution in [2.75, 3.05) is 13.7 Å². The predicted octanol–water partition coefficient (Wildman–Crippen LogP) is 1.38. The van der Waals surface area contributed by atoms with Crippen LogP contribution in [0.4, 0.5) is 0 Å². The number of hydrogen-bond donors (Lipinski definition) is 1. The number of aliphatic hydroxyl groups is 1. The highest BCUT2D eigenvalue weighted by molar-refractivity contribution is 5.65. The highest BCUT2D eigenvalue weighted by atomic mass is 16.8. The Labute approximate surface area is 158 Å². The van der Waals surface area contributed by atoms with Gasteiger partial charge in [0.25, 0.3) is 0 Å². The van der Waals surface area contributed by atoms with Gasteiger partial charge in [-0.3, -0.25) is 4.79 Å². The molecule has 5 atom stereocenters. The Morgan fingerprint density at radius 1 is 1.26 bits per heavy atom. The fourth-order valence-electron chi connectivity index (χ4n) is 3.22. The number of carbonyl (C=O) groups excluding carboxylic acids is 1. The summed E-state index contributed by atoms with van der Waals surface area (Å²) in [6.45, 7) is 4.97. The molecule has 2 fully saturated rings. The molecular formula is C19H26O8. The molecule has 1 N–H and O–H groups in total. The Bertz CT molecular complexity index is 644. The molecule has 2 saturated heterocycles. The first-order valence-electron chi connectivity index (χ1n) is 8.86. The quantitative estimate of drug-likeness (QED) is 0.707. The van der Waals surface area contributed by atoms with Crippen LogP contribution in [0.25, 0.3) is 0 Å². The first-order valence-corrected chi connectivity index (χ1v) is 8.86. The van der Waals surface area contributed by atoms with Crippen LogP contribution in [0.1, 0.15) is 26.3 Å². The van der Waals surface area contributed by atoms with Gasteiger partial charge in [-0.05, 0) is 31.5 Å². The van der Waals surface area contributed by atoms with Crippen molar-refractivity contribution in [3.8, 4) is 5.75 Å². The normalized spacial score (nSPS) is 30.0. The van der Waals surface area contributed by atoms with Gasteiger partial charge < -0.3 is 33.5 Å². The highest BCUT2D eigenvalue weighted by Crippen LogP contribution is 2.40. The summed E-state index contributed by atoms with van der Waals surface area (Å²) in [5.74, 6) is -0.522. The number of fused-ring (bicyclic) bond motifs is 1. The second-order valence-corrected chi connectivity index (χ2v) is 7.06. The summed E-state index contributed by atoms with van der Waals surface area (Å²) in [4.78, 5) is 11.0. The Morgan fingerprint density at radius 3 is 2.59 bits per heavy atom. The largest absolute Gasteiger partial charge is 0.497 e. The standard InChI is InChI=1S/C19H26O8/c1-11(20)23-10-14(21)15-16(17-18(25-15)27-19(2,3)26-17)24-9-12-5-7-13(22-4)8-6-12/h5-8,14-18,21H,9-10H2,1-4H3/t14-,15-,16+,17-,18-/m1/s1. The maximum Gasteiger partial charge on any atom is 0.302 e. The first kappa shape index (κ1) is 20.0. The molecular weight excluding hydrogens is 356 g/mol. The minimum absolute atomic E-state index is 0.189. The average Bonchev–Trinajstić information content (AvgIpc) is 3.10. The molecule has 2 aliphatic heterocycles. The number of benzene rings is 1. The van der Waals surface area contributed by atoms with E-state index >= 15 is 0 Å². The number of rotatable bonds is 7. The van der Waals surface area contributed by atoms with Crippen molar-refractivity contribution in [1.29, 1.82) is 0 Å². The van der Waals surface area contributed by atoms with Crippen molar-refractivity contribution >= 4 is 5.97 Å². The van der Waals surface area contributed by atoms with Crippen molar-refractivity contribution in [2.24, 2.45) is 0 Å². The van der Waals surface area contributed by atoms with E-state index in [2.05, 4.69) is 0 Å². The first-order chi connectivity index (χ1) is 12.8. The predicted molar refractivity (Wildman–Crippen MR) is 92.9 cm³/mol. The fraction of sp³-hybridized carbons (Fsp3) is 0.632. The topological polar surface area (TPSA) is 92.7 Å². The van der Waals surface area contributed by atoms with Crippen LogP contribution in [0.3, 0.4) is 0 Å². The number of aliphatic hydroxyl groups excluding tert-OH is 1. The van der Waals surface area contributed by atoms with Gasteiger partial charge in [0.15, 0.2) is 12.1 Å². The van der Waals surface area contributed by atoms with Gasteiger partial charge in [-0.25, -0.2) is 0 Å². The molecule has 2 aliphatic rings. The minimum Gasteiger partial charge on any atom is -0.497 e. The van der Waals surface area contributed by atoms with Crippen LogP contribution in [-0.2, 0) is 35.1 Å². The van der Waals surface area contributed by atoms with Crippen molar-refractivity contribution in [3.05, 3.63) is 29.8 Å². The third-order valence-electron chi connectivity index (χ3n) is 4.47. The average molecular weight is 382 g/mol. The molecule has 8 heteroatoms. The zero-order chi connectivity index (χ0) is 19.6. The lowest BCUT2D eigenvalue weighted by Gasteiger charge is -2.28. The molecule has 2 heterocycles. The third kappa shape index (κ3) is 4.77. The number of hydrogen-bond acceptors (Lipinski definition) is 8. The van der Waals surface area contributed by atoms with Gasteiger partial charge in [0.2, 0.25) is 0 Å². The lowest BCUT2D eigenvalue weighted by atomic mass is 10.1. The van der Waals surface area contributed by atoms with Crippen molar-refractivity contribution in [1.82, 2.24) is 0 Å². The van der Waals surface area contributed by atoms with Crippen LogP contribution in [-0.4, -0.2) is 61.3 Å². The van der Waals surface area contributed by atoms with Crippen molar-refractivity contribution in [3.63, 3.8) is 0 Å². The second kappa shape index (κ2) is 8.12. The van der Waals surface area contributed by atoms with Crippen LogP contribution in [0.5, 0.6) is 5.75 Å². The Hall–Kier alpha value is -1.71. The number of methoxy groups -OCH3 is 1. The summed E-state index contributed by atoms with van der Waals surface area (Å²) in [5.41, 5.74) is 0.936. The molecule has 150 valence electrons. The Balaban J connectivity index is 1.68. The van der Waals surface area contributed by atoms with Gasteiger partial charge in [-0.15, -0.1) is 0 Å². The van der Waals surface area contributed by atoms with Crippen molar-refractivity contribution < 1.29 is 38.3 Å². The summed E-state index contributed by atoms with van der Waals surface area (Å²) in [6, 6.07) is 7.48. The second-order valence-electron chi connectivity index (χ2n) is 7.06. The summed E-state index contributed by atoms with van der Waals surface area (Å²) in [5, 5.41) is 10.4. The summed E-state index contributed by atoms with van der Waals surface area (Å²) >= 11 is 0. The maximum absolute atomic E-state index is 11.0. The van der Waals surface area contributed by atoms with Crippen LogP contribution < -0.4 is 4.74 Å². The number of carbonyl (C=O) groups is 1. The molecule has 3 rings (SSSR count). The molecule has 1 aromatic rings. The van der Waals surface area contributed by atoms with Gasteiger partial charge in [-0.1, -0.05) is 12.1 Å². The van der Waals surface area contributed by atoms with Crippen molar-refractivity contribution in [2.45, 2.75) is 63.9 Å². The minimum atomic E-state index is -1.06.